The first-order chi connectivity index (χ1) is 26.2. The Bertz CT molecular complexity index is 3140. The van der Waals surface area contributed by atoms with Gasteiger partial charge < -0.3 is 0 Å². The summed E-state index contributed by atoms with van der Waals surface area (Å²) in [6.45, 7) is 5.84. The highest BCUT2D eigenvalue weighted by atomic mass is 14.8. The Hall–Kier alpha value is -7.04. The second kappa shape index (κ2) is 12.3. The van der Waals surface area contributed by atoms with E-state index < -0.39 is 0 Å². The van der Waals surface area contributed by atoms with E-state index in [2.05, 4.69) is 157 Å². The van der Waals surface area contributed by atoms with Gasteiger partial charge >= 0.3 is 0 Å². The standard InChI is InChI=1S/C49H32N4/c1-3-9-31-16-23-40-39(26-27-51-48(40)46(31)50-2)35-18-21-37-33(28-35)14-15-34-29-36(19-22-38(34)37)43-25-20-32-17-24-42-45(30-10-5-4-6-11-30)41-12-7-8-13-44(41)53-49(42)47(32)52-43/h3-29H,2H2,1H3/b9-3-. The van der Waals surface area contributed by atoms with Crippen molar-refractivity contribution in [3.63, 3.8) is 0 Å². The van der Waals surface area contributed by atoms with Gasteiger partial charge in [0.1, 0.15) is 0 Å². The third-order valence-corrected chi connectivity index (χ3v) is 10.4. The van der Waals surface area contributed by atoms with Crippen LogP contribution in [-0.4, -0.2) is 21.7 Å². The molecular formula is C49H32N4. The normalized spacial score (nSPS) is 11.9. The summed E-state index contributed by atoms with van der Waals surface area (Å²) in [6.07, 6.45) is 5.92. The van der Waals surface area contributed by atoms with E-state index in [1.807, 2.05) is 25.3 Å². The Morgan fingerprint density at radius 3 is 2.04 bits per heavy atom. The molecule has 4 heteroatoms. The zero-order valence-corrected chi connectivity index (χ0v) is 29.1. The van der Waals surface area contributed by atoms with Crippen LogP contribution < -0.4 is 0 Å². The Kier molecular flexibility index (Phi) is 7.15. The van der Waals surface area contributed by atoms with Crippen LogP contribution in [0.4, 0.5) is 5.69 Å². The van der Waals surface area contributed by atoms with Gasteiger partial charge in [-0.15, -0.1) is 0 Å². The van der Waals surface area contributed by atoms with Gasteiger partial charge in [0.25, 0.3) is 0 Å². The predicted molar refractivity (Wildman–Crippen MR) is 225 cm³/mol. The lowest BCUT2D eigenvalue weighted by Crippen LogP contribution is -1.93. The summed E-state index contributed by atoms with van der Waals surface area (Å²) in [5.74, 6) is 0. The molecule has 10 rings (SSSR count). The molecule has 10 aromatic rings. The van der Waals surface area contributed by atoms with Crippen molar-refractivity contribution in [2.24, 2.45) is 4.99 Å². The summed E-state index contributed by atoms with van der Waals surface area (Å²) in [5.41, 5.74) is 12.1. The van der Waals surface area contributed by atoms with E-state index in [0.29, 0.717) is 0 Å². The van der Waals surface area contributed by atoms with Crippen molar-refractivity contribution in [1.29, 1.82) is 0 Å². The van der Waals surface area contributed by atoms with E-state index in [1.54, 1.807) is 0 Å². The molecule has 0 fully saturated rings. The van der Waals surface area contributed by atoms with Gasteiger partial charge in [0.15, 0.2) is 0 Å². The van der Waals surface area contributed by atoms with Crippen LogP contribution in [-0.2, 0) is 0 Å². The number of benzene rings is 7. The number of nitrogens with zero attached hydrogens (tertiary/aromatic N) is 4. The second-order valence-corrected chi connectivity index (χ2v) is 13.5. The third-order valence-electron chi connectivity index (χ3n) is 10.4. The number of allylic oxidation sites excluding steroid dienone is 1. The minimum atomic E-state index is 0.806. The smallest absolute Gasteiger partial charge is 0.0978 e. The van der Waals surface area contributed by atoms with Crippen molar-refractivity contribution in [3.05, 3.63) is 163 Å². The summed E-state index contributed by atoms with van der Waals surface area (Å²) >= 11 is 0. The van der Waals surface area contributed by atoms with Crippen molar-refractivity contribution in [2.45, 2.75) is 6.92 Å². The molecule has 248 valence electrons. The van der Waals surface area contributed by atoms with Crippen LogP contribution in [0, 0.1) is 0 Å². The zero-order valence-electron chi connectivity index (χ0n) is 29.1. The molecule has 0 radical (unpaired) electrons. The Labute approximate surface area is 306 Å². The molecule has 7 aromatic carbocycles. The predicted octanol–water partition coefficient (Wildman–Crippen LogP) is 13.2. The minimum absolute atomic E-state index is 0.806. The number of aromatic nitrogens is 3. The second-order valence-electron chi connectivity index (χ2n) is 13.5. The van der Waals surface area contributed by atoms with Gasteiger partial charge in [0.2, 0.25) is 0 Å². The van der Waals surface area contributed by atoms with Gasteiger partial charge in [-0.25, -0.2) is 9.97 Å². The molecule has 0 amide bonds. The van der Waals surface area contributed by atoms with Gasteiger partial charge in [0, 0.05) is 44.4 Å². The van der Waals surface area contributed by atoms with Crippen molar-refractivity contribution < 1.29 is 0 Å². The molecule has 4 nitrogen and oxygen atoms in total. The van der Waals surface area contributed by atoms with Crippen LogP contribution in [0.5, 0.6) is 0 Å². The highest BCUT2D eigenvalue weighted by molar-refractivity contribution is 6.16. The molecular weight excluding hydrogens is 645 g/mol. The lowest BCUT2D eigenvalue weighted by Gasteiger charge is -2.14. The topological polar surface area (TPSA) is 51.0 Å². The van der Waals surface area contributed by atoms with E-state index in [0.717, 1.165) is 77.2 Å². The van der Waals surface area contributed by atoms with Crippen molar-refractivity contribution in [1.82, 2.24) is 15.0 Å². The largest absolute Gasteiger partial charge is 0.262 e. The maximum absolute atomic E-state index is 5.30. The van der Waals surface area contributed by atoms with Crippen LogP contribution in [0.2, 0.25) is 0 Å². The molecule has 3 heterocycles. The summed E-state index contributed by atoms with van der Waals surface area (Å²) < 4.78 is 0. The van der Waals surface area contributed by atoms with Gasteiger partial charge in [-0.2, -0.15) is 0 Å². The summed E-state index contributed by atoms with van der Waals surface area (Å²) in [5, 5.41) is 9.15. The van der Waals surface area contributed by atoms with E-state index in [9.17, 15) is 0 Å². The molecule has 3 aromatic heterocycles. The highest BCUT2D eigenvalue weighted by Crippen LogP contribution is 2.40. The Balaban J connectivity index is 1.08. The number of rotatable bonds is 5. The lowest BCUT2D eigenvalue weighted by molar-refractivity contribution is 1.39. The lowest BCUT2D eigenvalue weighted by atomic mass is 9.94. The molecule has 0 aliphatic rings. The zero-order chi connectivity index (χ0) is 35.5. The van der Waals surface area contributed by atoms with Gasteiger partial charge in [-0.1, -0.05) is 127 Å². The molecule has 0 saturated carbocycles. The van der Waals surface area contributed by atoms with E-state index in [1.165, 1.54) is 32.7 Å². The summed E-state index contributed by atoms with van der Waals surface area (Å²) in [4.78, 5) is 19.5. The minimum Gasteiger partial charge on any atom is -0.262 e. The van der Waals surface area contributed by atoms with Crippen LogP contribution in [0.3, 0.4) is 0 Å². The third kappa shape index (κ3) is 4.99. The molecule has 0 N–H and O–H groups in total. The number of hydrogen-bond donors (Lipinski definition) is 0. The van der Waals surface area contributed by atoms with Crippen molar-refractivity contribution >= 4 is 83.6 Å². The van der Waals surface area contributed by atoms with Gasteiger partial charge in [-0.05, 0) is 82.2 Å². The maximum atomic E-state index is 5.30. The Morgan fingerprint density at radius 2 is 1.23 bits per heavy atom. The van der Waals surface area contributed by atoms with Gasteiger partial charge in [-0.3, -0.25) is 9.98 Å². The van der Waals surface area contributed by atoms with Crippen molar-refractivity contribution in [2.75, 3.05) is 0 Å². The first kappa shape index (κ1) is 30.8. The Morgan fingerprint density at radius 1 is 0.528 bits per heavy atom. The van der Waals surface area contributed by atoms with Crippen LogP contribution in [0.1, 0.15) is 12.5 Å². The van der Waals surface area contributed by atoms with Crippen LogP contribution in [0.25, 0.3) is 105 Å². The van der Waals surface area contributed by atoms with Crippen molar-refractivity contribution in [3.8, 4) is 33.5 Å². The molecule has 0 aliphatic heterocycles. The maximum Gasteiger partial charge on any atom is 0.0978 e. The fourth-order valence-electron chi connectivity index (χ4n) is 7.96. The quantitative estimate of drug-likeness (QED) is 0.104. The average Bonchev–Trinajstić information content (AvgIpc) is 3.22. The van der Waals surface area contributed by atoms with Crippen LogP contribution >= 0.6 is 0 Å². The number of para-hydroxylation sites is 1. The molecule has 0 bridgehead atoms. The molecule has 53 heavy (non-hydrogen) atoms. The number of hydrogen-bond acceptors (Lipinski definition) is 4. The molecule has 0 saturated heterocycles. The molecule has 0 spiro atoms. The highest BCUT2D eigenvalue weighted by Gasteiger charge is 2.16. The number of pyridine rings is 3. The van der Waals surface area contributed by atoms with E-state index >= 15 is 0 Å². The first-order valence-corrected chi connectivity index (χ1v) is 17.8. The first-order valence-electron chi connectivity index (χ1n) is 17.8. The summed E-state index contributed by atoms with van der Waals surface area (Å²) in [7, 11) is 0. The van der Waals surface area contributed by atoms with E-state index in [4.69, 9.17) is 15.0 Å². The number of aliphatic imine (C=N–C) groups is 1. The fraction of sp³-hybridized carbons (Fsp3) is 0.0204. The molecule has 0 unspecified atom stereocenters. The average molecular weight is 677 g/mol. The molecule has 0 aliphatic carbocycles. The van der Waals surface area contributed by atoms with Crippen LogP contribution in [0.15, 0.2) is 163 Å². The summed E-state index contributed by atoms with van der Waals surface area (Å²) in [6, 6.07) is 51.8. The van der Waals surface area contributed by atoms with E-state index in [-0.39, 0.29) is 0 Å². The molecule has 0 atom stereocenters. The SMILES string of the molecule is C=Nc1c(/C=C\C)ccc2c(-c3ccc4c(ccc5cc(-c6ccc7ccc8c(-c9ccccc9)c9ccccc9nc8c7n6)ccc54)c3)ccnc12. The fourth-order valence-corrected chi connectivity index (χ4v) is 7.96. The monoisotopic (exact) mass is 676 g/mol. The number of fused-ring (bicyclic) bond motifs is 8. The van der Waals surface area contributed by atoms with Gasteiger partial charge in [0.05, 0.1) is 33.4 Å².